The first kappa shape index (κ1) is 20.6. The maximum absolute atomic E-state index is 12.4. The summed E-state index contributed by atoms with van der Waals surface area (Å²) < 4.78 is 0. The molecule has 0 fully saturated rings. The highest BCUT2D eigenvalue weighted by molar-refractivity contribution is 14.0. The Morgan fingerprint density at radius 2 is 1.75 bits per heavy atom. The quantitative estimate of drug-likeness (QED) is 0.290. The Hall–Kier alpha value is -2.09. The number of guanidine groups is 1. The van der Waals surface area contributed by atoms with Gasteiger partial charge in [-0.15, -0.1) is 24.0 Å². The van der Waals surface area contributed by atoms with Gasteiger partial charge in [0, 0.05) is 31.7 Å². The first-order valence-corrected chi connectivity index (χ1v) is 9.72. The first-order chi connectivity index (χ1) is 13.2. The Labute approximate surface area is 183 Å². The number of nitrogens with two attached hydrogens (primary N) is 1. The molecule has 0 atom stereocenters. The number of rotatable bonds is 5. The van der Waals surface area contributed by atoms with E-state index in [-0.39, 0.29) is 29.9 Å². The molecule has 0 aromatic heterocycles. The minimum absolute atomic E-state index is 0. The molecule has 28 heavy (non-hydrogen) atoms. The zero-order valence-corrected chi connectivity index (χ0v) is 18.3. The van der Waals surface area contributed by atoms with Gasteiger partial charge in [-0.3, -0.25) is 9.79 Å². The second-order valence-electron chi connectivity index (χ2n) is 7.35. The van der Waals surface area contributed by atoms with E-state index in [9.17, 15) is 4.79 Å². The lowest BCUT2D eigenvalue weighted by Crippen LogP contribution is -2.25. The van der Waals surface area contributed by atoms with Crippen LogP contribution in [0.25, 0.3) is 0 Å². The Balaban J connectivity index is 0.00000225. The topological polar surface area (TPSA) is 70.7 Å². The normalized spacial score (nSPS) is 15.0. The number of anilines is 1. The fraction of sp³-hybridized carbons (Fsp3) is 0.364. The summed E-state index contributed by atoms with van der Waals surface area (Å²) in [5, 5.41) is 3.16. The first-order valence-electron chi connectivity index (χ1n) is 9.72. The van der Waals surface area contributed by atoms with Crippen molar-refractivity contribution >= 4 is 41.5 Å². The predicted molar refractivity (Wildman–Crippen MR) is 124 cm³/mol. The van der Waals surface area contributed by atoms with Crippen LogP contribution in [0.2, 0.25) is 0 Å². The van der Waals surface area contributed by atoms with Crippen LogP contribution in [-0.4, -0.2) is 23.3 Å². The van der Waals surface area contributed by atoms with Crippen molar-refractivity contribution in [2.75, 3.05) is 11.9 Å². The van der Waals surface area contributed by atoms with Crippen molar-refractivity contribution in [3.05, 3.63) is 64.7 Å². The number of carbonyl (C=O) groups is 1. The smallest absolute Gasteiger partial charge is 0.223 e. The van der Waals surface area contributed by atoms with Crippen LogP contribution in [0.5, 0.6) is 0 Å². The number of nitrogens with one attached hydrogen (secondary N) is 1. The van der Waals surface area contributed by atoms with Gasteiger partial charge in [-0.05, 0) is 60.1 Å². The minimum Gasteiger partial charge on any atom is -0.370 e. The molecule has 2 aromatic carbocycles. The van der Waals surface area contributed by atoms with Crippen molar-refractivity contribution in [3.63, 3.8) is 0 Å². The number of carbonyl (C=O) groups excluding carboxylic acids is 1. The SMILES string of the molecule is I.NC(=NCCCC(=O)N1Cc2ccccc2C1)Nc1ccc2c(c1)CCC2. The van der Waals surface area contributed by atoms with Crippen molar-refractivity contribution in [2.24, 2.45) is 10.7 Å². The van der Waals surface area contributed by atoms with Gasteiger partial charge in [0.2, 0.25) is 5.91 Å². The molecule has 0 unspecified atom stereocenters. The van der Waals surface area contributed by atoms with Gasteiger partial charge < -0.3 is 16.0 Å². The van der Waals surface area contributed by atoms with Gasteiger partial charge in [-0.1, -0.05) is 30.3 Å². The van der Waals surface area contributed by atoms with E-state index in [0.717, 1.165) is 25.2 Å². The van der Waals surface area contributed by atoms with Crippen LogP contribution in [0.3, 0.4) is 0 Å². The molecule has 148 valence electrons. The molecule has 1 amide bonds. The number of benzene rings is 2. The maximum atomic E-state index is 12.4. The van der Waals surface area contributed by atoms with E-state index in [1.54, 1.807) is 0 Å². The summed E-state index contributed by atoms with van der Waals surface area (Å²) in [6.07, 6.45) is 4.76. The highest BCUT2D eigenvalue weighted by Gasteiger charge is 2.22. The van der Waals surface area contributed by atoms with Gasteiger partial charge >= 0.3 is 0 Å². The van der Waals surface area contributed by atoms with E-state index in [4.69, 9.17) is 5.73 Å². The number of aryl methyl sites for hydroxylation is 2. The van der Waals surface area contributed by atoms with Gasteiger partial charge in [-0.25, -0.2) is 0 Å². The van der Waals surface area contributed by atoms with Gasteiger partial charge in [0.1, 0.15) is 0 Å². The van der Waals surface area contributed by atoms with Gasteiger partial charge in [0.05, 0.1) is 0 Å². The molecule has 1 aliphatic heterocycles. The highest BCUT2D eigenvalue weighted by atomic mass is 127. The van der Waals surface area contributed by atoms with Gasteiger partial charge in [0.15, 0.2) is 5.96 Å². The van der Waals surface area contributed by atoms with Crippen molar-refractivity contribution in [3.8, 4) is 0 Å². The summed E-state index contributed by atoms with van der Waals surface area (Å²) in [7, 11) is 0. The monoisotopic (exact) mass is 490 g/mol. The van der Waals surface area contributed by atoms with Crippen LogP contribution < -0.4 is 11.1 Å². The Kier molecular flexibility index (Phi) is 6.93. The lowest BCUT2D eigenvalue weighted by molar-refractivity contribution is -0.131. The third-order valence-corrected chi connectivity index (χ3v) is 5.40. The highest BCUT2D eigenvalue weighted by Crippen LogP contribution is 2.25. The molecule has 2 aromatic rings. The zero-order chi connectivity index (χ0) is 18.6. The molecular weight excluding hydrogens is 463 g/mol. The Morgan fingerprint density at radius 3 is 2.50 bits per heavy atom. The summed E-state index contributed by atoms with van der Waals surface area (Å²) in [5.74, 6) is 0.598. The van der Waals surface area contributed by atoms with Crippen molar-refractivity contribution in [1.29, 1.82) is 0 Å². The number of amides is 1. The number of aliphatic imine (C=N–C) groups is 1. The summed E-state index contributed by atoms with van der Waals surface area (Å²) >= 11 is 0. The molecule has 1 heterocycles. The maximum Gasteiger partial charge on any atom is 0.223 e. The molecular formula is C22H27IN4O. The number of halogens is 1. The molecule has 2 aliphatic rings. The third kappa shape index (κ3) is 4.84. The summed E-state index contributed by atoms with van der Waals surface area (Å²) in [6.45, 7) is 2.00. The van der Waals surface area contributed by atoms with E-state index in [1.807, 2.05) is 17.0 Å². The van der Waals surface area contributed by atoms with Crippen LogP contribution in [-0.2, 0) is 30.7 Å². The molecule has 3 N–H and O–H groups in total. The van der Waals surface area contributed by atoms with E-state index >= 15 is 0 Å². The largest absolute Gasteiger partial charge is 0.370 e. The van der Waals surface area contributed by atoms with E-state index in [1.165, 1.54) is 35.1 Å². The van der Waals surface area contributed by atoms with Crippen molar-refractivity contribution < 1.29 is 4.79 Å². The standard InChI is InChI=1S/C22H26N4O.HI/c23-22(25-20-11-10-16-7-3-8-17(16)13-20)24-12-4-9-21(27)26-14-18-5-1-2-6-19(18)15-26;/h1-2,5-6,10-11,13H,3-4,7-9,12,14-15H2,(H3,23,24,25);1H. The third-order valence-electron chi connectivity index (χ3n) is 5.40. The number of hydrogen-bond donors (Lipinski definition) is 2. The number of nitrogens with zero attached hydrogens (tertiary/aromatic N) is 2. The molecule has 4 rings (SSSR count). The van der Waals surface area contributed by atoms with E-state index < -0.39 is 0 Å². The molecule has 6 heteroatoms. The Bertz CT molecular complexity index is 856. The summed E-state index contributed by atoms with van der Waals surface area (Å²) in [4.78, 5) is 18.7. The molecule has 0 radical (unpaired) electrons. The predicted octanol–water partition coefficient (Wildman–Crippen LogP) is 3.84. The molecule has 0 spiro atoms. The second kappa shape index (κ2) is 9.41. The van der Waals surface area contributed by atoms with Gasteiger partial charge in [0.25, 0.3) is 0 Å². The van der Waals surface area contributed by atoms with Crippen LogP contribution in [0.15, 0.2) is 47.5 Å². The molecule has 0 bridgehead atoms. The van der Waals surface area contributed by atoms with Crippen LogP contribution in [0, 0.1) is 0 Å². The van der Waals surface area contributed by atoms with Crippen LogP contribution in [0.1, 0.15) is 41.5 Å². The fourth-order valence-electron chi connectivity index (χ4n) is 3.93. The average Bonchev–Trinajstić information content (AvgIpc) is 3.31. The molecule has 0 saturated heterocycles. The molecule has 0 saturated carbocycles. The molecule has 5 nitrogen and oxygen atoms in total. The van der Waals surface area contributed by atoms with E-state index in [0.29, 0.717) is 25.3 Å². The average molecular weight is 490 g/mol. The minimum atomic E-state index is 0. The lowest BCUT2D eigenvalue weighted by atomic mass is 10.1. The Morgan fingerprint density at radius 1 is 1.04 bits per heavy atom. The number of fused-ring (bicyclic) bond motifs is 2. The summed E-state index contributed by atoms with van der Waals surface area (Å²) in [6, 6.07) is 14.6. The van der Waals surface area contributed by atoms with Crippen LogP contribution in [0.4, 0.5) is 5.69 Å². The fourth-order valence-corrected chi connectivity index (χ4v) is 3.93. The van der Waals surface area contributed by atoms with Gasteiger partial charge in [-0.2, -0.15) is 0 Å². The second-order valence-corrected chi connectivity index (χ2v) is 7.35. The van der Waals surface area contributed by atoms with Crippen molar-refractivity contribution in [2.45, 2.75) is 45.2 Å². The van der Waals surface area contributed by atoms with Crippen LogP contribution >= 0.6 is 24.0 Å². The lowest BCUT2D eigenvalue weighted by Gasteiger charge is -2.15. The zero-order valence-electron chi connectivity index (χ0n) is 16.0. The van der Waals surface area contributed by atoms with E-state index in [2.05, 4.69) is 40.6 Å². The number of hydrogen-bond acceptors (Lipinski definition) is 2. The molecule has 1 aliphatic carbocycles. The summed E-state index contributed by atoms with van der Waals surface area (Å²) in [5.41, 5.74) is 12.3. The van der Waals surface area contributed by atoms with Crippen molar-refractivity contribution in [1.82, 2.24) is 4.90 Å².